The number of hydrogen-bond donors (Lipinski definition) is 1. The summed E-state index contributed by atoms with van der Waals surface area (Å²) in [4.78, 5) is 0. The first-order valence-corrected chi connectivity index (χ1v) is 5.61. The van der Waals surface area contributed by atoms with Gasteiger partial charge in [0.25, 0.3) is 0 Å². The van der Waals surface area contributed by atoms with Crippen LogP contribution in [-0.4, -0.2) is 26.3 Å². The first kappa shape index (κ1) is 11.0. The third-order valence-corrected chi connectivity index (χ3v) is 3.23. The summed E-state index contributed by atoms with van der Waals surface area (Å²) in [6.45, 7) is 8.78. The third-order valence-electron chi connectivity index (χ3n) is 3.23. The van der Waals surface area contributed by atoms with Crippen molar-refractivity contribution in [3.63, 3.8) is 0 Å². The molecule has 1 N–H and O–H groups in total. The smallest absolute Gasteiger partial charge is 0.0471 e. The van der Waals surface area contributed by atoms with Gasteiger partial charge in [-0.25, -0.2) is 0 Å². The highest BCUT2D eigenvalue weighted by Crippen LogP contribution is 2.32. The third kappa shape index (κ3) is 3.28. The molecule has 0 amide bonds. The van der Waals surface area contributed by atoms with E-state index in [1.807, 2.05) is 0 Å². The lowest BCUT2D eigenvalue weighted by Crippen LogP contribution is -2.38. The van der Waals surface area contributed by atoms with E-state index in [1.54, 1.807) is 0 Å². The minimum Gasteiger partial charge on any atom is -0.381 e. The zero-order chi connectivity index (χ0) is 9.57. The first-order chi connectivity index (χ1) is 6.33. The molecule has 0 saturated carbocycles. The largest absolute Gasteiger partial charge is 0.381 e. The average molecular weight is 185 g/mol. The van der Waals surface area contributed by atoms with E-state index >= 15 is 0 Å². The highest BCUT2D eigenvalue weighted by Gasteiger charge is 2.29. The summed E-state index contributed by atoms with van der Waals surface area (Å²) in [7, 11) is 0. The van der Waals surface area contributed by atoms with E-state index in [0.717, 1.165) is 19.8 Å². The molecule has 0 radical (unpaired) electrons. The van der Waals surface area contributed by atoms with Gasteiger partial charge in [0.15, 0.2) is 0 Å². The van der Waals surface area contributed by atoms with Crippen molar-refractivity contribution in [2.75, 3.05) is 26.3 Å². The Morgan fingerprint density at radius 1 is 1.23 bits per heavy atom. The Morgan fingerprint density at radius 3 is 2.46 bits per heavy atom. The summed E-state index contributed by atoms with van der Waals surface area (Å²) < 4.78 is 5.41. The van der Waals surface area contributed by atoms with Crippen LogP contribution < -0.4 is 5.32 Å². The minimum absolute atomic E-state index is 0.535. The molecule has 0 aromatic heterocycles. The molecule has 0 atom stereocenters. The monoisotopic (exact) mass is 185 g/mol. The maximum Gasteiger partial charge on any atom is 0.0471 e. The van der Waals surface area contributed by atoms with Gasteiger partial charge in [0.2, 0.25) is 0 Å². The van der Waals surface area contributed by atoms with Gasteiger partial charge in [0.05, 0.1) is 0 Å². The standard InChI is InChI=1S/C11H23NO/c1-3-7-12-10-11(4-2)5-8-13-9-6-11/h12H,3-10H2,1-2H3. The van der Waals surface area contributed by atoms with E-state index in [2.05, 4.69) is 19.2 Å². The summed E-state index contributed by atoms with van der Waals surface area (Å²) >= 11 is 0. The molecule has 1 aliphatic heterocycles. The molecule has 0 aromatic carbocycles. The van der Waals surface area contributed by atoms with Gasteiger partial charge in [-0.2, -0.15) is 0 Å². The van der Waals surface area contributed by atoms with Crippen molar-refractivity contribution >= 4 is 0 Å². The zero-order valence-corrected chi connectivity index (χ0v) is 9.07. The molecule has 78 valence electrons. The topological polar surface area (TPSA) is 21.3 Å². The fourth-order valence-electron chi connectivity index (χ4n) is 1.99. The van der Waals surface area contributed by atoms with Gasteiger partial charge in [-0.3, -0.25) is 0 Å². The van der Waals surface area contributed by atoms with Crippen LogP contribution in [0.3, 0.4) is 0 Å². The van der Waals surface area contributed by atoms with E-state index in [-0.39, 0.29) is 0 Å². The van der Waals surface area contributed by atoms with Gasteiger partial charge < -0.3 is 10.1 Å². The predicted octanol–water partition coefficient (Wildman–Crippen LogP) is 2.19. The molecule has 2 nitrogen and oxygen atoms in total. The van der Waals surface area contributed by atoms with Crippen LogP contribution in [0, 0.1) is 5.41 Å². The van der Waals surface area contributed by atoms with Crippen molar-refractivity contribution in [3.8, 4) is 0 Å². The SMILES string of the molecule is CCCNCC1(CC)CCOCC1. The van der Waals surface area contributed by atoms with Crippen molar-refractivity contribution < 1.29 is 4.74 Å². The lowest BCUT2D eigenvalue weighted by molar-refractivity contribution is 0.0129. The normalized spacial score (nSPS) is 21.7. The zero-order valence-electron chi connectivity index (χ0n) is 9.07. The van der Waals surface area contributed by atoms with Gasteiger partial charge in [-0.1, -0.05) is 13.8 Å². The number of hydrogen-bond acceptors (Lipinski definition) is 2. The highest BCUT2D eigenvalue weighted by molar-refractivity contribution is 4.82. The Bertz CT molecular complexity index is 130. The molecule has 0 aromatic rings. The molecule has 1 saturated heterocycles. The van der Waals surface area contributed by atoms with Crippen molar-refractivity contribution in [3.05, 3.63) is 0 Å². The van der Waals surface area contributed by atoms with Gasteiger partial charge in [0, 0.05) is 19.8 Å². The molecule has 0 spiro atoms. The van der Waals surface area contributed by atoms with Crippen LogP contribution in [0.1, 0.15) is 39.5 Å². The summed E-state index contributed by atoms with van der Waals surface area (Å²) in [6, 6.07) is 0. The first-order valence-electron chi connectivity index (χ1n) is 5.61. The molecule has 1 fully saturated rings. The van der Waals surface area contributed by atoms with Gasteiger partial charge in [-0.15, -0.1) is 0 Å². The predicted molar refractivity (Wildman–Crippen MR) is 55.9 cm³/mol. The lowest BCUT2D eigenvalue weighted by Gasteiger charge is -2.36. The van der Waals surface area contributed by atoms with Gasteiger partial charge in [-0.05, 0) is 37.6 Å². The lowest BCUT2D eigenvalue weighted by atomic mass is 9.78. The summed E-state index contributed by atoms with van der Waals surface area (Å²) in [5.74, 6) is 0. The Balaban J connectivity index is 2.29. The number of rotatable bonds is 5. The molecule has 1 aliphatic rings. The fourth-order valence-corrected chi connectivity index (χ4v) is 1.99. The second kappa shape index (κ2) is 5.61. The Hall–Kier alpha value is -0.0800. The molecule has 0 bridgehead atoms. The fraction of sp³-hybridized carbons (Fsp3) is 1.00. The molecule has 2 heteroatoms. The van der Waals surface area contributed by atoms with Crippen molar-refractivity contribution in [1.82, 2.24) is 5.32 Å². The number of nitrogens with one attached hydrogen (secondary N) is 1. The van der Waals surface area contributed by atoms with Crippen LogP contribution in [-0.2, 0) is 4.74 Å². The van der Waals surface area contributed by atoms with Crippen molar-refractivity contribution in [2.45, 2.75) is 39.5 Å². The van der Waals surface area contributed by atoms with E-state index in [1.165, 1.54) is 32.2 Å². The molecule has 0 unspecified atom stereocenters. The second-order valence-corrected chi connectivity index (χ2v) is 4.14. The van der Waals surface area contributed by atoms with Gasteiger partial charge >= 0.3 is 0 Å². The quantitative estimate of drug-likeness (QED) is 0.663. The minimum atomic E-state index is 0.535. The molecular formula is C11H23NO. The van der Waals surface area contributed by atoms with E-state index in [0.29, 0.717) is 5.41 Å². The molecule has 1 rings (SSSR count). The molecular weight excluding hydrogens is 162 g/mol. The summed E-state index contributed by atoms with van der Waals surface area (Å²) in [5.41, 5.74) is 0.535. The Labute approximate surface area is 82.0 Å². The van der Waals surface area contributed by atoms with E-state index < -0.39 is 0 Å². The van der Waals surface area contributed by atoms with Gasteiger partial charge in [0.1, 0.15) is 0 Å². The van der Waals surface area contributed by atoms with E-state index in [9.17, 15) is 0 Å². The van der Waals surface area contributed by atoms with E-state index in [4.69, 9.17) is 4.74 Å². The Kier molecular flexibility index (Phi) is 4.74. The maximum absolute atomic E-state index is 5.41. The molecule has 13 heavy (non-hydrogen) atoms. The van der Waals surface area contributed by atoms with Crippen LogP contribution in [0.2, 0.25) is 0 Å². The second-order valence-electron chi connectivity index (χ2n) is 4.14. The van der Waals surface area contributed by atoms with Crippen LogP contribution >= 0.6 is 0 Å². The van der Waals surface area contributed by atoms with Crippen LogP contribution in [0.4, 0.5) is 0 Å². The van der Waals surface area contributed by atoms with Crippen molar-refractivity contribution in [1.29, 1.82) is 0 Å². The summed E-state index contributed by atoms with van der Waals surface area (Å²) in [5, 5.41) is 3.54. The summed E-state index contributed by atoms with van der Waals surface area (Å²) in [6.07, 6.45) is 4.99. The van der Waals surface area contributed by atoms with Crippen molar-refractivity contribution in [2.24, 2.45) is 5.41 Å². The molecule has 1 heterocycles. The highest BCUT2D eigenvalue weighted by atomic mass is 16.5. The average Bonchev–Trinajstić information content (AvgIpc) is 2.20. The maximum atomic E-state index is 5.41. The van der Waals surface area contributed by atoms with Crippen LogP contribution in [0.25, 0.3) is 0 Å². The number of ether oxygens (including phenoxy) is 1. The molecule has 0 aliphatic carbocycles. The van der Waals surface area contributed by atoms with Crippen LogP contribution in [0.5, 0.6) is 0 Å². The van der Waals surface area contributed by atoms with Crippen LogP contribution in [0.15, 0.2) is 0 Å². The Morgan fingerprint density at radius 2 is 1.92 bits per heavy atom.